The standard InChI is InChI=1S/C19H5F35S/c20-3(21,1-2-55)4(22,23)5(24,25)6(26,27)7(28,29)8(30,31)9(32,33)10(34,35)11(36,37)12(38,39)13(40,41)14(42,43)15(44,45)16(46,47)17(48,49)18(50,51)19(52,53)54/h55H,1-2H2. The van der Waals surface area contributed by atoms with Gasteiger partial charge in [-0.25, -0.2) is 0 Å². The molecular weight excluding hydrogens is 925 g/mol. The molecule has 0 aliphatic heterocycles. The maximum atomic E-state index is 13.9. The Bertz CT molecular complexity index is 1380. The first-order chi connectivity index (χ1) is 23.1. The van der Waals surface area contributed by atoms with Crippen LogP contribution in [0.2, 0.25) is 0 Å². The van der Waals surface area contributed by atoms with Crippen molar-refractivity contribution in [1.82, 2.24) is 0 Å². The highest BCUT2D eigenvalue weighted by Crippen LogP contribution is 2.70. The van der Waals surface area contributed by atoms with E-state index in [1.807, 2.05) is 0 Å². The monoisotopic (exact) mass is 930 g/mol. The van der Waals surface area contributed by atoms with Crippen LogP contribution in [0.3, 0.4) is 0 Å². The van der Waals surface area contributed by atoms with Crippen LogP contribution in [0.1, 0.15) is 6.42 Å². The Hall–Kier alpha value is -2.10. The molecule has 0 aromatic heterocycles. The summed E-state index contributed by atoms with van der Waals surface area (Å²) in [5.41, 5.74) is 0. The first-order valence-corrected chi connectivity index (χ1v) is 12.4. The second-order valence-corrected chi connectivity index (χ2v) is 10.7. The summed E-state index contributed by atoms with van der Waals surface area (Å²) in [4.78, 5) is 0. The summed E-state index contributed by atoms with van der Waals surface area (Å²) >= 11 is 2.63. The average molecular weight is 930 g/mol. The fourth-order valence-corrected chi connectivity index (χ4v) is 3.55. The Kier molecular flexibility index (Phi) is 12.5. The lowest BCUT2D eigenvalue weighted by Crippen LogP contribution is -2.80. The van der Waals surface area contributed by atoms with E-state index in [-0.39, 0.29) is 0 Å². The third-order valence-corrected chi connectivity index (χ3v) is 6.99. The molecule has 0 bridgehead atoms. The summed E-state index contributed by atoms with van der Waals surface area (Å²) in [7, 11) is 0. The maximum absolute atomic E-state index is 13.9. The SMILES string of the molecule is FC(F)(F)C(F)(F)C(F)(F)C(F)(F)C(F)(F)C(F)(F)C(F)(F)C(F)(F)C(F)(F)C(F)(F)C(F)(F)C(F)(F)C(F)(F)C(F)(F)C(F)(F)C(F)(F)C(F)(F)CCS. The van der Waals surface area contributed by atoms with Crippen molar-refractivity contribution >= 4 is 12.6 Å². The van der Waals surface area contributed by atoms with Gasteiger partial charge in [-0.3, -0.25) is 0 Å². The molecule has 0 saturated carbocycles. The van der Waals surface area contributed by atoms with Crippen molar-refractivity contribution in [1.29, 1.82) is 0 Å². The van der Waals surface area contributed by atoms with Gasteiger partial charge in [0.2, 0.25) is 0 Å². The molecule has 0 aliphatic rings. The van der Waals surface area contributed by atoms with Crippen LogP contribution in [0.4, 0.5) is 154 Å². The Morgan fingerprint density at radius 2 is 0.327 bits per heavy atom. The lowest BCUT2D eigenvalue weighted by Gasteiger charge is -2.47. The third-order valence-electron chi connectivity index (χ3n) is 6.76. The Balaban J connectivity index is 7.79. The molecule has 0 spiro atoms. The van der Waals surface area contributed by atoms with Gasteiger partial charge < -0.3 is 0 Å². The topological polar surface area (TPSA) is 0 Å². The number of hydrogen-bond acceptors (Lipinski definition) is 1. The van der Waals surface area contributed by atoms with Crippen LogP contribution in [-0.2, 0) is 0 Å². The lowest BCUT2D eigenvalue weighted by molar-refractivity contribution is -0.492. The van der Waals surface area contributed by atoms with E-state index in [1.54, 1.807) is 0 Å². The van der Waals surface area contributed by atoms with Crippen molar-refractivity contribution in [2.75, 3.05) is 5.75 Å². The molecule has 0 amide bonds. The molecule has 0 heterocycles. The van der Waals surface area contributed by atoms with Crippen LogP contribution in [0.25, 0.3) is 0 Å². The Labute approximate surface area is 280 Å². The Morgan fingerprint density at radius 1 is 0.200 bits per heavy atom. The van der Waals surface area contributed by atoms with E-state index in [1.165, 1.54) is 0 Å². The number of thiol groups is 1. The molecule has 36 heteroatoms. The fraction of sp³-hybridized carbons (Fsp3) is 1.00. The van der Waals surface area contributed by atoms with Gasteiger partial charge in [-0.15, -0.1) is 0 Å². The zero-order valence-electron chi connectivity index (χ0n) is 23.6. The van der Waals surface area contributed by atoms with Crippen LogP contribution in [0.15, 0.2) is 0 Å². The van der Waals surface area contributed by atoms with Gasteiger partial charge >= 0.3 is 101 Å². The predicted molar refractivity (Wildman–Crippen MR) is 104 cm³/mol. The van der Waals surface area contributed by atoms with Gasteiger partial charge in [-0.05, 0) is 5.75 Å². The smallest absolute Gasteiger partial charge is 0.200 e. The van der Waals surface area contributed by atoms with Crippen LogP contribution in [-0.4, -0.2) is 107 Å². The summed E-state index contributed by atoms with van der Waals surface area (Å²) in [5.74, 6) is -155. The van der Waals surface area contributed by atoms with E-state index in [2.05, 4.69) is 12.6 Å². The quantitative estimate of drug-likeness (QED) is 0.109. The molecule has 0 radical (unpaired) electrons. The van der Waals surface area contributed by atoms with Crippen LogP contribution < -0.4 is 0 Å². The molecule has 0 fully saturated rings. The highest BCUT2D eigenvalue weighted by Gasteiger charge is 3.02. The minimum absolute atomic E-state index is 1.92. The number of rotatable bonds is 17. The van der Waals surface area contributed by atoms with Crippen molar-refractivity contribution in [2.45, 2.75) is 107 Å². The summed E-state index contributed by atoms with van der Waals surface area (Å²) in [6.45, 7) is 0. The molecular formula is C19H5F35S. The van der Waals surface area contributed by atoms with Gasteiger partial charge in [0, 0.05) is 6.42 Å². The highest BCUT2D eigenvalue weighted by atomic mass is 32.1. The van der Waals surface area contributed by atoms with Crippen LogP contribution in [0.5, 0.6) is 0 Å². The zero-order valence-corrected chi connectivity index (χ0v) is 24.5. The normalized spacial score (nSPS) is 17.2. The second-order valence-electron chi connectivity index (χ2n) is 10.3. The molecule has 0 saturated heterocycles. The number of hydrogen-bond donors (Lipinski definition) is 1. The van der Waals surface area contributed by atoms with Crippen molar-refractivity contribution in [3.63, 3.8) is 0 Å². The van der Waals surface area contributed by atoms with E-state index < -0.39 is 113 Å². The van der Waals surface area contributed by atoms with Crippen molar-refractivity contribution in [3.8, 4) is 0 Å². The van der Waals surface area contributed by atoms with Gasteiger partial charge in [-0.1, -0.05) is 0 Å². The lowest BCUT2D eigenvalue weighted by atomic mass is 9.82. The summed E-state index contributed by atoms with van der Waals surface area (Å²) in [5, 5.41) is 0. The molecule has 0 aliphatic carbocycles. The third kappa shape index (κ3) is 6.07. The van der Waals surface area contributed by atoms with Gasteiger partial charge in [0.1, 0.15) is 0 Å². The molecule has 0 N–H and O–H groups in total. The molecule has 0 aromatic carbocycles. The van der Waals surface area contributed by atoms with Gasteiger partial charge in [-0.2, -0.15) is 166 Å². The summed E-state index contributed by atoms with van der Waals surface area (Å²) < 4.78 is 472. The highest BCUT2D eigenvalue weighted by molar-refractivity contribution is 7.80. The van der Waals surface area contributed by atoms with Gasteiger partial charge in [0.25, 0.3) is 0 Å². The first-order valence-electron chi connectivity index (χ1n) is 11.8. The average Bonchev–Trinajstić information content (AvgIpc) is 2.94. The van der Waals surface area contributed by atoms with Crippen LogP contribution in [0, 0.1) is 0 Å². The largest absolute Gasteiger partial charge is 0.460 e. The van der Waals surface area contributed by atoms with Crippen molar-refractivity contribution < 1.29 is 154 Å². The van der Waals surface area contributed by atoms with Crippen molar-refractivity contribution in [2.24, 2.45) is 0 Å². The molecule has 0 rings (SSSR count). The van der Waals surface area contributed by atoms with Gasteiger partial charge in [0.05, 0.1) is 0 Å². The number of alkyl halides is 35. The minimum atomic E-state index is -10.3. The summed E-state index contributed by atoms with van der Waals surface area (Å²) in [6, 6.07) is 0. The molecule has 0 atom stereocenters. The molecule has 332 valence electrons. The first kappa shape index (κ1) is 52.9. The van der Waals surface area contributed by atoms with E-state index >= 15 is 0 Å². The van der Waals surface area contributed by atoms with Crippen LogP contribution >= 0.6 is 12.6 Å². The Morgan fingerprint density at radius 3 is 0.455 bits per heavy atom. The van der Waals surface area contributed by atoms with E-state index in [0.29, 0.717) is 0 Å². The maximum Gasteiger partial charge on any atom is 0.460 e. The second kappa shape index (κ2) is 12.9. The zero-order chi connectivity index (χ0) is 45.9. The van der Waals surface area contributed by atoms with Crippen molar-refractivity contribution in [3.05, 3.63) is 0 Å². The fourth-order valence-electron chi connectivity index (χ4n) is 3.27. The minimum Gasteiger partial charge on any atom is -0.200 e. The molecule has 0 aromatic rings. The molecule has 0 nitrogen and oxygen atoms in total. The van der Waals surface area contributed by atoms with Gasteiger partial charge in [0.15, 0.2) is 0 Å². The molecule has 0 unspecified atom stereocenters. The summed E-state index contributed by atoms with van der Waals surface area (Å²) in [6.07, 6.45) is -11.5. The van der Waals surface area contributed by atoms with E-state index in [9.17, 15) is 154 Å². The number of halogens is 35. The molecule has 55 heavy (non-hydrogen) atoms. The van der Waals surface area contributed by atoms with E-state index in [0.717, 1.165) is 0 Å². The predicted octanol–water partition coefficient (Wildman–Crippen LogP) is 12.0. The van der Waals surface area contributed by atoms with E-state index in [4.69, 9.17) is 0 Å².